The molecule has 0 aliphatic rings. The van der Waals surface area contributed by atoms with Gasteiger partial charge in [0.25, 0.3) is 0 Å². The van der Waals surface area contributed by atoms with Gasteiger partial charge in [-0.05, 0) is 0 Å². The SMILES string of the molecule is COC(=O)CN(C)C(=O)CNC(=O)C(C)(C)C. The lowest BCUT2D eigenvalue weighted by Gasteiger charge is -2.20. The first kappa shape index (κ1) is 15.4. The van der Waals surface area contributed by atoms with Gasteiger partial charge in [0.15, 0.2) is 0 Å². The van der Waals surface area contributed by atoms with Crippen molar-refractivity contribution in [3.8, 4) is 0 Å². The number of hydrogen-bond donors (Lipinski definition) is 1. The van der Waals surface area contributed by atoms with E-state index in [1.807, 2.05) is 0 Å². The van der Waals surface area contributed by atoms with Crippen molar-refractivity contribution in [3.05, 3.63) is 0 Å². The second-order valence-electron chi connectivity index (χ2n) is 4.76. The molecule has 0 aliphatic carbocycles. The van der Waals surface area contributed by atoms with E-state index in [0.717, 1.165) is 0 Å². The van der Waals surface area contributed by atoms with E-state index >= 15 is 0 Å². The first-order valence-corrected chi connectivity index (χ1v) is 5.27. The van der Waals surface area contributed by atoms with E-state index < -0.39 is 11.4 Å². The summed E-state index contributed by atoms with van der Waals surface area (Å²) in [5, 5.41) is 2.51. The monoisotopic (exact) mass is 244 g/mol. The molecule has 0 spiro atoms. The summed E-state index contributed by atoms with van der Waals surface area (Å²) < 4.78 is 4.43. The van der Waals surface area contributed by atoms with Gasteiger partial charge < -0.3 is 15.0 Å². The van der Waals surface area contributed by atoms with Crippen LogP contribution in [-0.2, 0) is 19.1 Å². The predicted octanol–water partition coefficient (Wildman–Crippen LogP) is -0.220. The summed E-state index contributed by atoms with van der Waals surface area (Å²) in [4.78, 5) is 35.1. The summed E-state index contributed by atoms with van der Waals surface area (Å²) >= 11 is 0. The third kappa shape index (κ3) is 5.89. The minimum Gasteiger partial charge on any atom is -0.468 e. The highest BCUT2D eigenvalue weighted by molar-refractivity contribution is 5.88. The van der Waals surface area contributed by atoms with Crippen molar-refractivity contribution in [2.75, 3.05) is 27.2 Å². The molecule has 0 fully saturated rings. The van der Waals surface area contributed by atoms with Crippen molar-refractivity contribution in [3.63, 3.8) is 0 Å². The molecule has 6 nitrogen and oxygen atoms in total. The number of carbonyl (C=O) groups is 3. The number of nitrogens with one attached hydrogen (secondary N) is 1. The molecule has 0 saturated heterocycles. The summed E-state index contributed by atoms with van der Waals surface area (Å²) in [5.74, 6) is -1.05. The lowest BCUT2D eigenvalue weighted by atomic mass is 9.96. The van der Waals surface area contributed by atoms with Gasteiger partial charge in [0.1, 0.15) is 6.54 Å². The largest absolute Gasteiger partial charge is 0.468 e. The smallest absolute Gasteiger partial charge is 0.325 e. The van der Waals surface area contributed by atoms with Crippen LogP contribution in [-0.4, -0.2) is 49.9 Å². The van der Waals surface area contributed by atoms with Crippen LogP contribution in [0.1, 0.15) is 20.8 Å². The number of ether oxygens (including phenoxy) is 1. The van der Waals surface area contributed by atoms with Crippen LogP contribution >= 0.6 is 0 Å². The summed E-state index contributed by atoms with van der Waals surface area (Å²) in [6.07, 6.45) is 0. The maximum atomic E-state index is 11.5. The number of methoxy groups -OCH3 is 1. The quantitative estimate of drug-likeness (QED) is 0.694. The van der Waals surface area contributed by atoms with Crippen LogP contribution in [0.25, 0.3) is 0 Å². The third-order valence-corrected chi connectivity index (χ3v) is 2.10. The molecule has 0 aromatic rings. The Morgan fingerprint density at radius 1 is 1.24 bits per heavy atom. The molecule has 0 heterocycles. The molecular formula is C11H20N2O4. The number of rotatable bonds is 4. The molecule has 0 rings (SSSR count). The van der Waals surface area contributed by atoms with Crippen LogP contribution < -0.4 is 5.32 Å². The number of likely N-dealkylation sites (N-methyl/N-ethyl adjacent to an activating group) is 1. The Hall–Kier alpha value is -1.59. The summed E-state index contributed by atoms with van der Waals surface area (Å²) in [5.41, 5.74) is -0.540. The van der Waals surface area contributed by atoms with Crippen LogP contribution in [0.5, 0.6) is 0 Å². The number of hydrogen-bond acceptors (Lipinski definition) is 4. The van der Waals surface area contributed by atoms with Crippen LogP contribution in [0.2, 0.25) is 0 Å². The topological polar surface area (TPSA) is 75.7 Å². The van der Waals surface area contributed by atoms with E-state index in [4.69, 9.17) is 0 Å². The zero-order valence-electron chi connectivity index (χ0n) is 11.0. The molecule has 0 bridgehead atoms. The second-order valence-corrected chi connectivity index (χ2v) is 4.76. The van der Waals surface area contributed by atoms with Crippen molar-refractivity contribution in [1.82, 2.24) is 10.2 Å². The average Bonchev–Trinajstić information content (AvgIpc) is 2.23. The standard InChI is InChI=1S/C11H20N2O4/c1-11(2,3)10(16)12-6-8(14)13(4)7-9(15)17-5/h6-7H2,1-5H3,(H,12,16). The average molecular weight is 244 g/mol. The Labute approximate surface area is 101 Å². The Morgan fingerprint density at radius 2 is 1.76 bits per heavy atom. The van der Waals surface area contributed by atoms with Crippen LogP contribution in [0, 0.1) is 5.41 Å². The predicted molar refractivity (Wildman–Crippen MR) is 62.1 cm³/mol. The molecule has 0 radical (unpaired) electrons. The molecule has 1 N–H and O–H groups in total. The summed E-state index contributed by atoms with van der Waals surface area (Å²) in [6, 6.07) is 0. The van der Waals surface area contributed by atoms with Gasteiger partial charge in [-0.3, -0.25) is 14.4 Å². The van der Waals surface area contributed by atoms with Crippen molar-refractivity contribution >= 4 is 17.8 Å². The van der Waals surface area contributed by atoms with Crippen molar-refractivity contribution in [2.45, 2.75) is 20.8 Å². The van der Waals surface area contributed by atoms with Gasteiger partial charge in [-0.1, -0.05) is 20.8 Å². The molecule has 0 aromatic carbocycles. The first-order valence-electron chi connectivity index (χ1n) is 5.27. The normalized spacial score (nSPS) is 10.6. The molecular weight excluding hydrogens is 224 g/mol. The van der Waals surface area contributed by atoms with E-state index in [1.165, 1.54) is 19.1 Å². The van der Waals surface area contributed by atoms with Gasteiger partial charge in [-0.25, -0.2) is 0 Å². The van der Waals surface area contributed by atoms with Gasteiger partial charge in [0, 0.05) is 12.5 Å². The van der Waals surface area contributed by atoms with E-state index in [9.17, 15) is 14.4 Å². The number of amides is 2. The number of carbonyl (C=O) groups excluding carboxylic acids is 3. The molecule has 17 heavy (non-hydrogen) atoms. The Bertz CT molecular complexity index is 307. The minimum atomic E-state index is -0.540. The fraction of sp³-hybridized carbons (Fsp3) is 0.727. The van der Waals surface area contributed by atoms with E-state index in [2.05, 4.69) is 10.1 Å². The lowest BCUT2D eigenvalue weighted by Crippen LogP contribution is -2.43. The van der Waals surface area contributed by atoms with Gasteiger partial charge in [-0.2, -0.15) is 0 Å². The third-order valence-electron chi connectivity index (χ3n) is 2.10. The molecule has 6 heteroatoms. The highest BCUT2D eigenvalue weighted by atomic mass is 16.5. The van der Waals surface area contributed by atoms with Gasteiger partial charge >= 0.3 is 5.97 Å². The zero-order valence-corrected chi connectivity index (χ0v) is 11.0. The fourth-order valence-electron chi connectivity index (χ4n) is 0.902. The maximum absolute atomic E-state index is 11.5. The molecule has 0 aliphatic heterocycles. The minimum absolute atomic E-state index is 0.121. The van der Waals surface area contributed by atoms with Crippen molar-refractivity contribution < 1.29 is 19.1 Å². The van der Waals surface area contributed by atoms with E-state index in [-0.39, 0.29) is 24.9 Å². The van der Waals surface area contributed by atoms with Gasteiger partial charge in [-0.15, -0.1) is 0 Å². The van der Waals surface area contributed by atoms with Crippen molar-refractivity contribution in [2.24, 2.45) is 5.41 Å². The van der Waals surface area contributed by atoms with Gasteiger partial charge in [0.2, 0.25) is 11.8 Å². The maximum Gasteiger partial charge on any atom is 0.325 e. The fourth-order valence-corrected chi connectivity index (χ4v) is 0.902. The summed E-state index contributed by atoms with van der Waals surface area (Å²) in [6.45, 7) is 5.02. The van der Waals surface area contributed by atoms with E-state index in [1.54, 1.807) is 20.8 Å². The van der Waals surface area contributed by atoms with Crippen LogP contribution in [0.4, 0.5) is 0 Å². The molecule has 0 unspecified atom stereocenters. The second kappa shape index (κ2) is 6.22. The molecule has 0 aromatic heterocycles. The van der Waals surface area contributed by atoms with Gasteiger partial charge in [0.05, 0.1) is 13.7 Å². The molecule has 0 atom stereocenters. The zero-order chi connectivity index (χ0) is 13.6. The highest BCUT2D eigenvalue weighted by Crippen LogP contribution is 2.11. The Balaban J connectivity index is 4.11. The number of nitrogens with zero attached hydrogens (tertiary/aromatic N) is 1. The van der Waals surface area contributed by atoms with E-state index in [0.29, 0.717) is 0 Å². The van der Waals surface area contributed by atoms with Crippen LogP contribution in [0.15, 0.2) is 0 Å². The molecule has 2 amide bonds. The number of esters is 1. The van der Waals surface area contributed by atoms with Crippen LogP contribution in [0.3, 0.4) is 0 Å². The molecule has 98 valence electrons. The highest BCUT2D eigenvalue weighted by Gasteiger charge is 2.22. The Kier molecular flexibility index (Phi) is 5.64. The Morgan fingerprint density at radius 3 is 2.18 bits per heavy atom. The molecule has 0 saturated carbocycles. The first-order chi connectivity index (χ1) is 7.68. The lowest BCUT2D eigenvalue weighted by molar-refractivity contribution is -0.146. The summed E-state index contributed by atoms with van der Waals surface area (Å²) in [7, 11) is 2.73. The van der Waals surface area contributed by atoms with Crippen molar-refractivity contribution in [1.29, 1.82) is 0 Å².